The van der Waals surface area contributed by atoms with Gasteiger partial charge in [0, 0.05) is 23.0 Å². The molecule has 1 saturated heterocycles. The summed E-state index contributed by atoms with van der Waals surface area (Å²) in [6.45, 7) is 1.11. The normalized spacial score (nSPS) is 15.9. The van der Waals surface area contributed by atoms with Crippen LogP contribution in [0.1, 0.15) is 41.7 Å². The lowest BCUT2D eigenvalue weighted by Crippen LogP contribution is -2.35. The lowest BCUT2D eigenvalue weighted by molar-refractivity contribution is -0.134. The molecule has 3 aromatic rings. The molecule has 0 aromatic heterocycles. The lowest BCUT2D eigenvalue weighted by Gasteiger charge is -2.35. The van der Waals surface area contributed by atoms with Gasteiger partial charge in [0.15, 0.2) is 0 Å². The van der Waals surface area contributed by atoms with Gasteiger partial charge in [-0.25, -0.2) is 0 Å². The van der Waals surface area contributed by atoms with Gasteiger partial charge in [-0.1, -0.05) is 77.8 Å². The second-order valence-corrected chi connectivity index (χ2v) is 8.33. The van der Waals surface area contributed by atoms with E-state index in [1.807, 2.05) is 71.6 Å². The molecule has 1 heterocycles. The van der Waals surface area contributed by atoms with Crippen molar-refractivity contribution in [1.29, 1.82) is 0 Å². The number of benzene rings is 3. The number of carbonyl (C=O) groups is 1. The molecular weight excluding hydrogens is 417 g/mol. The number of hydrogen-bond acceptors (Lipinski definition) is 2. The van der Waals surface area contributed by atoms with Crippen LogP contribution in [0, 0.1) is 0 Å². The molecule has 1 fully saturated rings. The van der Waals surface area contributed by atoms with Crippen molar-refractivity contribution in [2.45, 2.75) is 31.6 Å². The topological polar surface area (TPSA) is 29.5 Å². The van der Waals surface area contributed by atoms with Crippen molar-refractivity contribution in [3.8, 4) is 0 Å². The van der Waals surface area contributed by atoms with Crippen LogP contribution in [-0.2, 0) is 16.1 Å². The maximum Gasteiger partial charge on any atom is 0.223 e. The van der Waals surface area contributed by atoms with Gasteiger partial charge in [0.05, 0.1) is 12.6 Å². The molecule has 30 heavy (non-hydrogen) atoms. The van der Waals surface area contributed by atoms with Gasteiger partial charge in [-0.3, -0.25) is 4.79 Å². The first kappa shape index (κ1) is 20.9. The number of hydrogen-bond donors (Lipinski definition) is 0. The summed E-state index contributed by atoms with van der Waals surface area (Å²) in [5.41, 5.74) is 3.02. The number of ether oxygens (including phenoxy) is 1. The molecule has 5 heteroatoms. The van der Waals surface area contributed by atoms with E-state index in [1.54, 1.807) is 0 Å². The minimum Gasteiger partial charge on any atom is -0.366 e. The molecule has 0 bridgehead atoms. The summed E-state index contributed by atoms with van der Waals surface area (Å²) in [6.07, 6.45) is 1.10. The van der Waals surface area contributed by atoms with E-state index in [9.17, 15) is 4.79 Å². The van der Waals surface area contributed by atoms with Crippen LogP contribution >= 0.6 is 23.2 Å². The number of rotatable bonds is 7. The molecule has 1 aliphatic rings. The van der Waals surface area contributed by atoms with Crippen molar-refractivity contribution in [1.82, 2.24) is 4.90 Å². The molecule has 0 unspecified atom stereocenters. The summed E-state index contributed by atoms with van der Waals surface area (Å²) in [6, 6.07) is 25.2. The van der Waals surface area contributed by atoms with E-state index in [0.29, 0.717) is 23.1 Å². The van der Waals surface area contributed by atoms with E-state index in [-0.39, 0.29) is 18.1 Å². The van der Waals surface area contributed by atoms with Crippen LogP contribution < -0.4 is 0 Å². The zero-order valence-electron chi connectivity index (χ0n) is 16.5. The van der Waals surface area contributed by atoms with Gasteiger partial charge in [-0.05, 0) is 47.4 Å². The molecule has 0 aliphatic carbocycles. The van der Waals surface area contributed by atoms with E-state index in [4.69, 9.17) is 27.9 Å². The van der Waals surface area contributed by atoms with Crippen LogP contribution in [0.15, 0.2) is 78.9 Å². The Morgan fingerprint density at radius 2 is 1.63 bits per heavy atom. The van der Waals surface area contributed by atoms with Crippen molar-refractivity contribution >= 4 is 29.1 Å². The molecule has 3 aromatic carbocycles. The maximum absolute atomic E-state index is 12.7. The summed E-state index contributed by atoms with van der Waals surface area (Å²) in [5, 5.41) is 1.34. The van der Waals surface area contributed by atoms with Gasteiger partial charge in [-0.2, -0.15) is 0 Å². The Morgan fingerprint density at radius 1 is 0.867 bits per heavy atom. The third kappa shape index (κ3) is 4.86. The van der Waals surface area contributed by atoms with Crippen LogP contribution in [0.3, 0.4) is 0 Å². The third-order valence-corrected chi connectivity index (χ3v) is 5.88. The largest absolute Gasteiger partial charge is 0.366 e. The van der Waals surface area contributed by atoms with Gasteiger partial charge < -0.3 is 9.64 Å². The number of amides is 1. The first-order valence-corrected chi connectivity index (χ1v) is 10.8. The van der Waals surface area contributed by atoms with E-state index >= 15 is 0 Å². The quantitative estimate of drug-likeness (QED) is 0.414. The second kappa shape index (κ2) is 9.65. The minimum atomic E-state index is -0.342. The van der Waals surface area contributed by atoms with Gasteiger partial charge in [0.25, 0.3) is 0 Å². The van der Waals surface area contributed by atoms with Crippen molar-refractivity contribution in [3.05, 3.63) is 106 Å². The summed E-state index contributed by atoms with van der Waals surface area (Å²) in [7, 11) is 0. The number of likely N-dealkylation sites (tertiary alicyclic amines) is 1. The van der Waals surface area contributed by atoms with Gasteiger partial charge >= 0.3 is 0 Å². The summed E-state index contributed by atoms with van der Waals surface area (Å²) >= 11 is 12.3. The highest BCUT2D eigenvalue weighted by molar-refractivity contribution is 6.30. The zero-order valence-corrected chi connectivity index (χ0v) is 18.0. The Balaban J connectivity index is 1.72. The molecule has 0 spiro atoms. The predicted molar refractivity (Wildman–Crippen MR) is 121 cm³/mol. The molecule has 154 valence electrons. The first-order valence-electron chi connectivity index (χ1n) is 10.1. The van der Waals surface area contributed by atoms with Crippen LogP contribution in [0.25, 0.3) is 0 Å². The average molecular weight is 440 g/mol. The fourth-order valence-corrected chi connectivity index (χ4v) is 4.31. The predicted octanol–water partition coefficient (Wildman–Crippen LogP) is 6.62. The zero-order chi connectivity index (χ0) is 20.9. The molecule has 0 N–H and O–H groups in total. The molecule has 4 rings (SSSR count). The highest BCUT2D eigenvalue weighted by Gasteiger charge is 2.36. The van der Waals surface area contributed by atoms with Crippen molar-refractivity contribution in [2.75, 3.05) is 6.54 Å². The highest BCUT2D eigenvalue weighted by atomic mass is 35.5. The van der Waals surface area contributed by atoms with Crippen molar-refractivity contribution in [3.63, 3.8) is 0 Å². The second-order valence-electron chi connectivity index (χ2n) is 7.46. The SMILES string of the molecule is O=C1CCCN1[C@@H](c1ccccc1)[C@H](OCc1cccc(Cl)c1)c1ccc(Cl)cc1. The number of halogens is 2. The summed E-state index contributed by atoms with van der Waals surface area (Å²) in [4.78, 5) is 14.7. The Hall–Kier alpha value is -2.33. The smallest absolute Gasteiger partial charge is 0.223 e. The Labute approximate surface area is 187 Å². The third-order valence-electron chi connectivity index (χ3n) is 5.39. The van der Waals surface area contributed by atoms with Gasteiger partial charge in [0.2, 0.25) is 5.91 Å². The van der Waals surface area contributed by atoms with E-state index in [2.05, 4.69) is 12.1 Å². The van der Waals surface area contributed by atoms with Crippen molar-refractivity contribution in [2.24, 2.45) is 0 Å². The Morgan fingerprint density at radius 3 is 2.30 bits per heavy atom. The molecule has 1 aliphatic heterocycles. The first-order chi connectivity index (χ1) is 14.6. The monoisotopic (exact) mass is 439 g/mol. The molecule has 0 radical (unpaired) electrons. The van der Waals surface area contributed by atoms with Crippen LogP contribution in [0.2, 0.25) is 10.0 Å². The maximum atomic E-state index is 12.7. The van der Waals surface area contributed by atoms with Gasteiger partial charge in [-0.15, -0.1) is 0 Å². The number of nitrogens with zero attached hydrogens (tertiary/aromatic N) is 1. The Kier molecular flexibility index (Phi) is 6.73. The average Bonchev–Trinajstić information content (AvgIpc) is 3.18. The number of carbonyl (C=O) groups excluding carboxylic acids is 1. The van der Waals surface area contributed by atoms with E-state index < -0.39 is 0 Å². The summed E-state index contributed by atoms with van der Waals surface area (Å²) in [5.74, 6) is 0.161. The lowest BCUT2D eigenvalue weighted by atomic mass is 9.94. The molecule has 1 amide bonds. The Bertz CT molecular complexity index is 992. The fourth-order valence-electron chi connectivity index (χ4n) is 3.97. The molecule has 3 nitrogen and oxygen atoms in total. The molecule has 0 saturated carbocycles. The molecule has 2 atom stereocenters. The summed E-state index contributed by atoms with van der Waals surface area (Å²) < 4.78 is 6.49. The van der Waals surface area contributed by atoms with Crippen LogP contribution in [0.5, 0.6) is 0 Å². The minimum absolute atomic E-state index is 0.161. The van der Waals surface area contributed by atoms with Crippen LogP contribution in [0.4, 0.5) is 0 Å². The standard InChI is InChI=1S/C25H23Cl2NO2/c26-21-13-11-20(12-14-21)25(30-17-18-6-4-9-22(27)16-18)24(19-7-2-1-3-8-19)28-15-5-10-23(28)29/h1-4,6-9,11-14,16,24-25H,5,10,15,17H2/t24-,25+/m0/s1. The van der Waals surface area contributed by atoms with Gasteiger partial charge in [0.1, 0.15) is 6.10 Å². The van der Waals surface area contributed by atoms with E-state index in [1.165, 1.54) is 0 Å². The highest BCUT2D eigenvalue weighted by Crippen LogP contribution is 2.40. The van der Waals surface area contributed by atoms with E-state index in [0.717, 1.165) is 29.7 Å². The fraction of sp³-hybridized carbons (Fsp3) is 0.240. The van der Waals surface area contributed by atoms with Crippen molar-refractivity contribution < 1.29 is 9.53 Å². The van der Waals surface area contributed by atoms with Crippen LogP contribution in [-0.4, -0.2) is 17.4 Å². The molecular formula is C25H23Cl2NO2.